The summed E-state index contributed by atoms with van der Waals surface area (Å²) in [4.78, 5) is 27.1. The highest BCUT2D eigenvalue weighted by Crippen LogP contribution is 2.28. The van der Waals surface area contributed by atoms with E-state index < -0.39 is 0 Å². The van der Waals surface area contributed by atoms with E-state index in [1.807, 2.05) is 48.5 Å². The summed E-state index contributed by atoms with van der Waals surface area (Å²) in [6.07, 6.45) is 16.3. The fourth-order valence-corrected chi connectivity index (χ4v) is 4.85. The van der Waals surface area contributed by atoms with Crippen molar-refractivity contribution in [3.63, 3.8) is 0 Å². The van der Waals surface area contributed by atoms with E-state index in [1.54, 1.807) is 4.90 Å². The fourth-order valence-electron chi connectivity index (χ4n) is 4.85. The maximum atomic E-state index is 12.7. The normalized spacial score (nSPS) is 12.4. The molecule has 0 aliphatic carbocycles. The zero-order valence-corrected chi connectivity index (χ0v) is 22.1. The van der Waals surface area contributed by atoms with Gasteiger partial charge in [-0.1, -0.05) is 108 Å². The van der Waals surface area contributed by atoms with Crippen LogP contribution in [0.1, 0.15) is 96.0 Å². The van der Waals surface area contributed by atoms with Gasteiger partial charge in [-0.05, 0) is 36.6 Å². The lowest BCUT2D eigenvalue weighted by molar-refractivity contribution is -0.125. The molecule has 2 amide bonds. The van der Waals surface area contributed by atoms with Gasteiger partial charge in [0.15, 0.2) is 0 Å². The van der Waals surface area contributed by atoms with Crippen molar-refractivity contribution in [2.45, 2.75) is 96.8 Å². The molecule has 2 aromatic rings. The number of hydrogen-bond acceptors (Lipinski definition) is 3. The molecule has 1 aliphatic heterocycles. The van der Waals surface area contributed by atoms with E-state index in [1.165, 1.54) is 64.2 Å². The minimum Gasteiger partial charge on any atom is -0.491 e. The number of rotatable bonds is 17. The molecule has 0 atom stereocenters. The van der Waals surface area contributed by atoms with Gasteiger partial charge in [-0.15, -0.1) is 0 Å². The van der Waals surface area contributed by atoms with Gasteiger partial charge in [-0.2, -0.15) is 0 Å². The lowest BCUT2D eigenvalue weighted by Gasteiger charge is -2.17. The minimum atomic E-state index is -0.314. The van der Waals surface area contributed by atoms with E-state index in [2.05, 4.69) is 12.2 Å². The molecule has 1 aliphatic rings. The summed E-state index contributed by atoms with van der Waals surface area (Å²) < 4.78 is 5.97. The van der Waals surface area contributed by atoms with Gasteiger partial charge in [-0.3, -0.25) is 9.59 Å². The van der Waals surface area contributed by atoms with Gasteiger partial charge in [-0.25, -0.2) is 0 Å². The second-order valence-electron chi connectivity index (χ2n) is 9.88. The molecule has 0 spiro atoms. The van der Waals surface area contributed by atoms with E-state index in [0.29, 0.717) is 24.6 Å². The van der Waals surface area contributed by atoms with Gasteiger partial charge in [0, 0.05) is 12.2 Å². The number of ether oxygens (including phenoxy) is 1. The fraction of sp³-hybridized carbons (Fsp3) is 0.548. The lowest BCUT2D eigenvalue weighted by atomic mass is 10.1. The van der Waals surface area contributed by atoms with Crippen molar-refractivity contribution in [3.05, 3.63) is 54.1 Å². The van der Waals surface area contributed by atoms with Crippen LogP contribution in [0.25, 0.3) is 0 Å². The summed E-state index contributed by atoms with van der Waals surface area (Å²) in [7, 11) is 0. The average molecular weight is 493 g/mol. The largest absolute Gasteiger partial charge is 0.491 e. The van der Waals surface area contributed by atoms with Crippen molar-refractivity contribution in [1.82, 2.24) is 0 Å². The third-order valence-electron chi connectivity index (χ3n) is 6.92. The predicted octanol–water partition coefficient (Wildman–Crippen LogP) is 7.68. The molecule has 0 unspecified atom stereocenters. The number of hydrogen-bond donors (Lipinski definition) is 1. The van der Waals surface area contributed by atoms with Gasteiger partial charge < -0.3 is 15.0 Å². The summed E-state index contributed by atoms with van der Waals surface area (Å²) in [5, 5.41) is 2.87. The molecular formula is C31H44N2O3. The predicted molar refractivity (Wildman–Crippen MR) is 149 cm³/mol. The molecule has 1 N–H and O–H groups in total. The molecule has 0 saturated carbocycles. The van der Waals surface area contributed by atoms with Crippen LogP contribution in [0.3, 0.4) is 0 Å². The standard InChI is InChI=1S/C31H44N2O3/c1-2-3-4-5-6-7-8-9-10-11-12-17-24-36-29-21-16-14-19-27(29)32-30(34)25-31(35)33-23-22-26-18-13-15-20-28(26)33/h13-16,18-21H,2-12,17,22-25H2,1H3,(H,32,34). The van der Waals surface area contributed by atoms with E-state index in [0.717, 1.165) is 30.5 Å². The molecule has 3 rings (SSSR count). The Kier molecular flexibility index (Phi) is 12.4. The number of fused-ring (bicyclic) bond motifs is 1. The molecule has 0 fully saturated rings. The maximum Gasteiger partial charge on any atom is 0.236 e. The number of benzene rings is 2. The van der Waals surface area contributed by atoms with E-state index in [-0.39, 0.29) is 18.2 Å². The number of nitrogens with one attached hydrogen (secondary N) is 1. The first-order valence-electron chi connectivity index (χ1n) is 14.1. The summed E-state index contributed by atoms with van der Waals surface area (Å²) >= 11 is 0. The molecule has 1 heterocycles. The number of unbranched alkanes of at least 4 members (excludes halogenated alkanes) is 11. The first-order chi connectivity index (χ1) is 17.7. The highest BCUT2D eigenvalue weighted by molar-refractivity contribution is 6.10. The Morgan fingerprint density at radius 1 is 0.806 bits per heavy atom. The number of carbonyl (C=O) groups excluding carboxylic acids is 2. The summed E-state index contributed by atoms with van der Waals surface area (Å²) in [6, 6.07) is 15.3. The minimum absolute atomic E-state index is 0.174. The Labute approximate surface area is 217 Å². The molecule has 5 heteroatoms. The van der Waals surface area contributed by atoms with Crippen molar-refractivity contribution >= 4 is 23.2 Å². The maximum absolute atomic E-state index is 12.7. The quantitative estimate of drug-likeness (QED) is 0.182. The van der Waals surface area contributed by atoms with Gasteiger partial charge in [0.1, 0.15) is 12.2 Å². The zero-order valence-electron chi connectivity index (χ0n) is 22.1. The van der Waals surface area contributed by atoms with E-state index in [9.17, 15) is 9.59 Å². The number of carbonyl (C=O) groups is 2. The first kappa shape index (κ1) is 27.8. The molecule has 0 saturated heterocycles. The Morgan fingerprint density at radius 2 is 1.42 bits per heavy atom. The van der Waals surface area contributed by atoms with Crippen LogP contribution in [0.4, 0.5) is 11.4 Å². The van der Waals surface area contributed by atoms with Crippen LogP contribution in [0, 0.1) is 0 Å². The highest BCUT2D eigenvalue weighted by atomic mass is 16.5. The van der Waals surface area contributed by atoms with Gasteiger partial charge >= 0.3 is 0 Å². The Bertz CT molecular complexity index is 943. The Hall–Kier alpha value is -2.82. The smallest absolute Gasteiger partial charge is 0.236 e. The zero-order chi connectivity index (χ0) is 25.4. The van der Waals surface area contributed by atoms with E-state index in [4.69, 9.17) is 4.74 Å². The SMILES string of the molecule is CCCCCCCCCCCCCCOc1ccccc1NC(=O)CC(=O)N1CCc2ccccc21. The number of amides is 2. The van der Waals surface area contributed by atoms with Crippen molar-refractivity contribution in [3.8, 4) is 5.75 Å². The molecule has 0 aromatic heterocycles. The highest BCUT2D eigenvalue weighted by Gasteiger charge is 2.25. The van der Waals surface area contributed by atoms with Gasteiger partial charge in [0.05, 0.1) is 12.3 Å². The van der Waals surface area contributed by atoms with Gasteiger partial charge in [0.2, 0.25) is 11.8 Å². The number of anilines is 2. The van der Waals surface area contributed by atoms with Crippen LogP contribution in [-0.2, 0) is 16.0 Å². The monoisotopic (exact) mass is 492 g/mol. The summed E-state index contributed by atoms with van der Waals surface area (Å²) in [5.74, 6) is 0.172. The lowest BCUT2D eigenvalue weighted by Crippen LogP contribution is -2.32. The van der Waals surface area contributed by atoms with Crippen molar-refractivity contribution in [2.75, 3.05) is 23.4 Å². The van der Waals surface area contributed by atoms with Crippen LogP contribution in [0.15, 0.2) is 48.5 Å². The summed E-state index contributed by atoms with van der Waals surface area (Å²) in [6.45, 7) is 3.53. The third kappa shape index (κ3) is 9.33. The Balaban J connectivity index is 1.30. The number of para-hydroxylation sites is 3. The van der Waals surface area contributed by atoms with Crippen molar-refractivity contribution in [2.24, 2.45) is 0 Å². The molecule has 36 heavy (non-hydrogen) atoms. The van der Waals surface area contributed by atoms with Crippen LogP contribution < -0.4 is 15.0 Å². The first-order valence-corrected chi connectivity index (χ1v) is 14.1. The van der Waals surface area contributed by atoms with Crippen LogP contribution in [0.2, 0.25) is 0 Å². The molecule has 0 bridgehead atoms. The third-order valence-corrected chi connectivity index (χ3v) is 6.92. The molecule has 2 aromatic carbocycles. The second-order valence-corrected chi connectivity index (χ2v) is 9.88. The van der Waals surface area contributed by atoms with Crippen molar-refractivity contribution < 1.29 is 14.3 Å². The van der Waals surface area contributed by atoms with Gasteiger partial charge in [0.25, 0.3) is 0 Å². The van der Waals surface area contributed by atoms with E-state index >= 15 is 0 Å². The Morgan fingerprint density at radius 3 is 2.14 bits per heavy atom. The molecule has 5 nitrogen and oxygen atoms in total. The van der Waals surface area contributed by atoms with Crippen molar-refractivity contribution in [1.29, 1.82) is 0 Å². The van der Waals surface area contributed by atoms with Crippen LogP contribution in [-0.4, -0.2) is 25.0 Å². The van der Waals surface area contributed by atoms with Crippen LogP contribution in [0.5, 0.6) is 5.75 Å². The second kappa shape index (κ2) is 16.0. The molecule has 196 valence electrons. The topological polar surface area (TPSA) is 58.6 Å². The van der Waals surface area contributed by atoms with Crippen LogP contribution >= 0.6 is 0 Å². The molecule has 0 radical (unpaired) electrons. The number of nitrogens with zero attached hydrogens (tertiary/aromatic N) is 1. The molecular weight excluding hydrogens is 448 g/mol. The summed E-state index contributed by atoms with van der Waals surface area (Å²) in [5.41, 5.74) is 2.69. The average Bonchev–Trinajstić information content (AvgIpc) is 3.32.